The van der Waals surface area contributed by atoms with Crippen LogP contribution in [0.4, 0.5) is 14.5 Å². The van der Waals surface area contributed by atoms with Crippen LogP contribution in [0.3, 0.4) is 0 Å². The quantitative estimate of drug-likeness (QED) is 0.799. The van der Waals surface area contributed by atoms with E-state index in [1.54, 1.807) is 6.07 Å². The number of hydrogen-bond donors (Lipinski definition) is 1. The number of benzene rings is 1. The molecule has 5 heteroatoms. The van der Waals surface area contributed by atoms with Gasteiger partial charge in [-0.15, -0.1) is 0 Å². The molecule has 0 spiro atoms. The van der Waals surface area contributed by atoms with E-state index in [0.29, 0.717) is 0 Å². The van der Waals surface area contributed by atoms with E-state index in [4.69, 9.17) is 5.26 Å². The molecule has 0 aliphatic heterocycles. The Hall–Kier alpha value is -1.28. The zero-order valence-corrected chi connectivity index (χ0v) is 11.3. The van der Waals surface area contributed by atoms with Crippen LogP contribution in [0.1, 0.15) is 25.8 Å². The molecule has 1 aromatic rings. The fourth-order valence-corrected chi connectivity index (χ4v) is 2.30. The monoisotopic (exact) mass is 270 g/mol. The summed E-state index contributed by atoms with van der Waals surface area (Å²) in [6, 6.07) is 4.36. The van der Waals surface area contributed by atoms with E-state index in [2.05, 4.69) is 12.2 Å². The molecule has 0 aromatic heterocycles. The molecule has 0 aliphatic rings. The summed E-state index contributed by atoms with van der Waals surface area (Å²) in [5, 5.41) is 11.5. The van der Waals surface area contributed by atoms with E-state index in [1.165, 1.54) is 12.1 Å². The maximum absolute atomic E-state index is 13.6. The lowest BCUT2D eigenvalue weighted by Gasteiger charge is -2.15. The van der Waals surface area contributed by atoms with E-state index in [0.717, 1.165) is 17.9 Å². The number of nitriles is 1. The molecule has 0 saturated carbocycles. The van der Waals surface area contributed by atoms with Gasteiger partial charge in [-0.2, -0.15) is 17.0 Å². The van der Waals surface area contributed by atoms with Crippen molar-refractivity contribution in [2.45, 2.75) is 26.3 Å². The van der Waals surface area contributed by atoms with Crippen molar-refractivity contribution in [1.29, 1.82) is 5.26 Å². The van der Waals surface area contributed by atoms with Crippen LogP contribution in [0.25, 0.3) is 0 Å². The standard InChI is InChI=1S/C13H16F2N2S/c1-3-18-7-6-9(2)17-11-5-4-10(8-16)12(14)13(11)15/h4-5,9,17H,3,6-7H2,1-2H3. The van der Waals surface area contributed by atoms with Crippen molar-refractivity contribution in [3.8, 4) is 6.07 Å². The lowest BCUT2D eigenvalue weighted by atomic mass is 10.1. The number of thioether (sulfide) groups is 1. The molecule has 0 fully saturated rings. The zero-order chi connectivity index (χ0) is 13.5. The molecule has 1 unspecified atom stereocenters. The van der Waals surface area contributed by atoms with Crippen molar-refractivity contribution >= 4 is 17.4 Å². The predicted octanol–water partition coefficient (Wildman–Crippen LogP) is 3.78. The van der Waals surface area contributed by atoms with Crippen LogP contribution >= 0.6 is 11.8 Å². The Morgan fingerprint density at radius 2 is 2.11 bits per heavy atom. The number of anilines is 1. The minimum absolute atomic E-state index is 0.0610. The highest BCUT2D eigenvalue weighted by atomic mass is 32.2. The Morgan fingerprint density at radius 3 is 2.72 bits per heavy atom. The Bertz CT molecular complexity index is 443. The number of nitrogens with one attached hydrogen (secondary N) is 1. The molecule has 0 saturated heterocycles. The second-order valence-electron chi connectivity index (χ2n) is 3.93. The molecule has 0 heterocycles. The molecule has 0 amide bonds. The van der Waals surface area contributed by atoms with Crippen LogP contribution in [0, 0.1) is 23.0 Å². The van der Waals surface area contributed by atoms with Crippen molar-refractivity contribution in [3.63, 3.8) is 0 Å². The SMILES string of the molecule is CCSCCC(C)Nc1ccc(C#N)c(F)c1F. The summed E-state index contributed by atoms with van der Waals surface area (Å²) in [6.45, 7) is 4.00. The van der Waals surface area contributed by atoms with Gasteiger partial charge in [0.1, 0.15) is 6.07 Å². The first-order valence-corrected chi connectivity index (χ1v) is 6.98. The van der Waals surface area contributed by atoms with Gasteiger partial charge < -0.3 is 5.32 Å². The van der Waals surface area contributed by atoms with Gasteiger partial charge in [-0.25, -0.2) is 8.78 Å². The van der Waals surface area contributed by atoms with Gasteiger partial charge in [0.15, 0.2) is 11.6 Å². The first-order chi connectivity index (χ1) is 8.60. The smallest absolute Gasteiger partial charge is 0.183 e. The summed E-state index contributed by atoms with van der Waals surface area (Å²) in [5.74, 6) is -0.0425. The first kappa shape index (κ1) is 14.8. The number of nitrogens with zero attached hydrogens (tertiary/aromatic N) is 1. The Morgan fingerprint density at radius 1 is 1.39 bits per heavy atom. The van der Waals surface area contributed by atoms with Crippen LogP contribution in [0.2, 0.25) is 0 Å². The molecule has 1 aromatic carbocycles. The predicted molar refractivity (Wildman–Crippen MR) is 71.8 cm³/mol. The van der Waals surface area contributed by atoms with Gasteiger partial charge in [0.05, 0.1) is 11.3 Å². The molecule has 1 rings (SSSR count). The summed E-state index contributed by atoms with van der Waals surface area (Å²) < 4.78 is 27.0. The maximum Gasteiger partial charge on any atom is 0.183 e. The number of hydrogen-bond acceptors (Lipinski definition) is 3. The highest BCUT2D eigenvalue weighted by Crippen LogP contribution is 2.21. The van der Waals surface area contributed by atoms with Crippen LogP contribution in [-0.4, -0.2) is 17.5 Å². The third-order valence-corrected chi connectivity index (χ3v) is 3.44. The van der Waals surface area contributed by atoms with Crippen molar-refractivity contribution in [2.75, 3.05) is 16.8 Å². The average molecular weight is 270 g/mol. The second kappa shape index (κ2) is 7.22. The molecule has 1 atom stereocenters. The van der Waals surface area contributed by atoms with Crippen molar-refractivity contribution < 1.29 is 8.78 Å². The molecule has 98 valence electrons. The van der Waals surface area contributed by atoms with Crippen molar-refractivity contribution in [3.05, 3.63) is 29.3 Å². The van der Waals surface area contributed by atoms with Gasteiger partial charge >= 0.3 is 0 Å². The Labute approximate surface area is 110 Å². The summed E-state index contributed by atoms with van der Waals surface area (Å²) in [6.07, 6.45) is 0.875. The molecule has 1 N–H and O–H groups in total. The van der Waals surface area contributed by atoms with Crippen LogP contribution < -0.4 is 5.32 Å². The van der Waals surface area contributed by atoms with Crippen LogP contribution in [0.5, 0.6) is 0 Å². The fourth-order valence-electron chi connectivity index (χ4n) is 1.49. The molecule has 18 heavy (non-hydrogen) atoms. The largest absolute Gasteiger partial charge is 0.380 e. The van der Waals surface area contributed by atoms with Gasteiger partial charge in [-0.05, 0) is 37.0 Å². The van der Waals surface area contributed by atoms with Gasteiger partial charge in [-0.3, -0.25) is 0 Å². The summed E-state index contributed by atoms with van der Waals surface area (Å²) in [5.41, 5.74) is -0.159. The average Bonchev–Trinajstić information content (AvgIpc) is 2.36. The van der Waals surface area contributed by atoms with Crippen LogP contribution in [0.15, 0.2) is 12.1 Å². The molecule has 0 radical (unpaired) electrons. The van der Waals surface area contributed by atoms with E-state index in [-0.39, 0.29) is 17.3 Å². The molecular formula is C13H16F2N2S. The minimum atomic E-state index is -1.09. The number of halogens is 2. The number of rotatable bonds is 6. The van der Waals surface area contributed by atoms with E-state index in [9.17, 15) is 8.78 Å². The highest BCUT2D eigenvalue weighted by Gasteiger charge is 2.14. The fraction of sp³-hybridized carbons (Fsp3) is 0.462. The molecule has 0 bridgehead atoms. The Kier molecular flexibility index (Phi) is 5.93. The van der Waals surface area contributed by atoms with E-state index >= 15 is 0 Å². The minimum Gasteiger partial charge on any atom is -0.380 e. The normalized spacial score (nSPS) is 11.9. The first-order valence-electron chi connectivity index (χ1n) is 5.82. The van der Waals surface area contributed by atoms with E-state index in [1.807, 2.05) is 18.7 Å². The van der Waals surface area contributed by atoms with Crippen molar-refractivity contribution in [2.24, 2.45) is 0 Å². The highest BCUT2D eigenvalue weighted by molar-refractivity contribution is 7.99. The lowest BCUT2D eigenvalue weighted by molar-refractivity contribution is 0.507. The van der Waals surface area contributed by atoms with Crippen LogP contribution in [-0.2, 0) is 0 Å². The van der Waals surface area contributed by atoms with Gasteiger partial charge in [-0.1, -0.05) is 6.92 Å². The second-order valence-corrected chi connectivity index (χ2v) is 5.33. The van der Waals surface area contributed by atoms with Gasteiger partial charge in [0, 0.05) is 6.04 Å². The Balaban J connectivity index is 2.68. The molecule has 0 aliphatic carbocycles. The zero-order valence-electron chi connectivity index (χ0n) is 10.5. The maximum atomic E-state index is 13.6. The van der Waals surface area contributed by atoms with Gasteiger partial charge in [0.25, 0.3) is 0 Å². The third-order valence-electron chi connectivity index (χ3n) is 2.50. The third kappa shape index (κ3) is 3.88. The topological polar surface area (TPSA) is 35.8 Å². The summed E-state index contributed by atoms with van der Waals surface area (Å²) in [4.78, 5) is 0. The van der Waals surface area contributed by atoms with Gasteiger partial charge in [0.2, 0.25) is 0 Å². The lowest BCUT2D eigenvalue weighted by Crippen LogP contribution is -2.17. The van der Waals surface area contributed by atoms with Crippen molar-refractivity contribution in [1.82, 2.24) is 0 Å². The molecule has 2 nitrogen and oxygen atoms in total. The van der Waals surface area contributed by atoms with E-state index < -0.39 is 11.6 Å². The summed E-state index contributed by atoms with van der Waals surface area (Å²) in [7, 11) is 0. The molecular weight excluding hydrogens is 254 g/mol. The summed E-state index contributed by atoms with van der Waals surface area (Å²) >= 11 is 1.81.